The van der Waals surface area contributed by atoms with E-state index in [1.807, 2.05) is 11.8 Å². The van der Waals surface area contributed by atoms with Crippen LogP contribution in [0.1, 0.15) is 0 Å². The molecule has 1 aliphatic heterocycles. The standard InChI is InChI=1S/C58H36N4S/c1-2-17-42(18-3-1)61-50-26-10-11-27-53(50)63-54-36-41(33-34-51(54)61)46-23-13-24-48-55-45-20-7-5-15-38(45)32-35-52(55)62(57(46)48)58-59-49-25-9-8-21-47(49)56(60-58)40-30-28-39(29-31-40)44-22-12-16-37-14-4-6-19-43(37)44/h1-36H. The highest BCUT2D eigenvalue weighted by Gasteiger charge is 2.27. The summed E-state index contributed by atoms with van der Waals surface area (Å²) in [4.78, 5) is 15.8. The van der Waals surface area contributed by atoms with Crippen molar-refractivity contribution in [3.63, 3.8) is 0 Å². The van der Waals surface area contributed by atoms with Crippen LogP contribution in [0, 0.1) is 0 Å². The summed E-state index contributed by atoms with van der Waals surface area (Å²) in [6.45, 7) is 0. The quantitative estimate of drug-likeness (QED) is 0.173. The van der Waals surface area contributed by atoms with E-state index in [1.54, 1.807) is 0 Å². The normalized spacial score (nSPS) is 12.3. The molecule has 294 valence electrons. The van der Waals surface area contributed by atoms with Gasteiger partial charge in [0.1, 0.15) is 0 Å². The maximum absolute atomic E-state index is 5.56. The lowest BCUT2D eigenvalue weighted by Crippen LogP contribution is -2.14. The molecule has 4 nitrogen and oxygen atoms in total. The fourth-order valence-corrected chi connectivity index (χ4v) is 10.8. The van der Waals surface area contributed by atoms with Crippen LogP contribution in [0.3, 0.4) is 0 Å². The van der Waals surface area contributed by atoms with Gasteiger partial charge < -0.3 is 4.90 Å². The van der Waals surface area contributed by atoms with Crippen LogP contribution in [-0.4, -0.2) is 14.5 Å². The lowest BCUT2D eigenvalue weighted by molar-refractivity contribution is 1.01. The molecule has 0 bridgehead atoms. The van der Waals surface area contributed by atoms with Gasteiger partial charge in [0.05, 0.1) is 33.6 Å². The largest absolute Gasteiger partial charge is 0.308 e. The van der Waals surface area contributed by atoms with Gasteiger partial charge in [0.25, 0.3) is 0 Å². The molecule has 63 heavy (non-hydrogen) atoms. The Morgan fingerprint density at radius 3 is 1.90 bits per heavy atom. The molecule has 3 heterocycles. The van der Waals surface area contributed by atoms with Crippen molar-refractivity contribution in [2.75, 3.05) is 4.90 Å². The monoisotopic (exact) mass is 820 g/mol. The third kappa shape index (κ3) is 5.71. The number of para-hydroxylation sites is 4. The SMILES string of the molecule is c1ccc(N2c3ccccc3Sc3cc(-c4cccc5c6c7ccccc7ccc6n(-c6nc(-c7ccc(-c8cccc9ccccc89)cc7)c7ccccc7n6)c45)ccc32)cc1. The van der Waals surface area contributed by atoms with E-state index in [9.17, 15) is 0 Å². The van der Waals surface area contributed by atoms with Crippen molar-refractivity contribution >= 4 is 83.1 Å². The average Bonchev–Trinajstić information content (AvgIpc) is 3.70. The number of benzene rings is 10. The van der Waals surface area contributed by atoms with Crippen molar-refractivity contribution in [3.05, 3.63) is 218 Å². The lowest BCUT2D eigenvalue weighted by Gasteiger charge is -2.33. The van der Waals surface area contributed by atoms with E-state index in [4.69, 9.17) is 9.97 Å². The van der Waals surface area contributed by atoms with E-state index in [0.29, 0.717) is 5.95 Å². The molecule has 0 fully saturated rings. The second-order valence-corrected chi connectivity index (χ2v) is 17.2. The summed E-state index contributed by atoms with van der Waals surface area (Å²) in [5, 5.41) is 8.26. The van der Waals surface area contributed by atoms with Crippen LogP contribution < -0.4 is 4.90 Å². The number of rotatable bonds is 5. The highest BCUT2D eigenvalue weighted by molar-refractivity contribution is 7.99. The maximum Gasteiger partial charge on any atom is 0.235 e. The summed E-state index contributed by atoms with van der Waals surface area (Å²) in [6, 6.07) is 78.5. The topological polar surface area (TPSA) is 34.0 Å². The van der Waals surface area contributed by atoms with Gasteiger partial charge in [0.15, 0.2) is 0 Å². The average molecular weight is 821 g/mol. The Bertz CT molecular complexity index is 3770. The second kappa shape index (κ2) is 14.3. The van der Waals surface area contributed by atoms with Crippen LogP contribution >= 0.6 is 11.8 Å². The number of fused-ring (bicyclic) bond motifs is 9. The maximum atomic E-state index is 5.56. The number of anilines is 3. The minimum Gasteiger partial charge on any atom is -0.308 e. The second-order valence-electron chi connectivity index (χ2n) is 16.1. The summed E-state index contributed by atoms with van der Waals surface area (Å²) >= 11 is 1.83. The van der Waals surface area contributed by atoms with Gasteiger partial charge in [-0.2, -0.15) is 0 Å². The molecule has 10 aromatic carbocycles. The number of hydrogen-bond donors (Lipinski definition) is 0. The molecule has 0 amide bonds. The lowest BCUT2D eigenvalue weighted by atomic mass is 9.96. The van der Waals surface area contributed by atoms with Crippen LogP contribution in [0.25, 0.3) is 93.7 Å². The summed E-state index contributed by atoms with van der Waals surface area (Å²) in [5.74, 6) is 0.640. The van der Waals surface area contributed by atoms with E-state index in [-0.39, 0.29) is 0 Å². The highest BCUT2D eigenvalue weighted by atomic mass is 32.2. The van der Waals surface area contributed by atoms with Gasteiger partial charge in [-0.3, -0.25) is 4.57 Å². The van der Waals surface area contributed by atoms with Crippen LogP contribution in [0.15, 0.2) is 228 Å². The summed E-state index contributed by atoms with van der Waals surface area (Å²) in [5.41, 5.74) is 13.1. The molecule has 0 N–H and O–H groups in total. The zero-order valence-corrected chi connectivity index (χ0v) is 34.8. The molecular weight excluding hydrogens is 785 g/mol. The minimum absolute atomic E-state index is 0.640. The Kier molecular flexibility index (Phi) is 8.11. The Balaban J connectivity index is 1.03. The summed E-state index contributed by atoms with van der Waals surface area (Å²) < 4.78 is 2.31. The van der Waals surface area contributed by atoms with Crippen molar-refractivity contribution in [3.8, 4) is 39.5 Å². The first-order valence-corrected chi connectivity index (χ1v) is 22.1. The third-order valence-corrected chi connectivity index (χ3v) is 13.7. The van der Waals surface area contributed by atoms with E-state index in [2.05, 4.69) is 228 Å². The first kappa shape index (κ1) is 35.7. The molecule has 12 aromatic rings. The van der Waals surface area contributed by atoms with Crippen molar-refractivity contribution in [1.29, 1.82) is 0 Å². The van der Waals surface area contributed by atoms with Crippen molar-refractivity contribution in [2.24, 2.45) is 0 Å². The number of hydrogen-bond acceptors (Lipinski definition) is 4. The van der Waals surface area contributed by atoms with E-state index >= 15 is 0 Å². The predicted molar refractivity (Wildman–Crippen MR) is 264 cm³/mol. The zero-order valence-electron chi connectivity index (χ0n) is 34.0. The molecular formula is C58H36N4S. The summed E-state index contributed by atoms with van der Waals surface area (Å²) in [6.07, 6.45) is 0. The van der Waals surface area contributed by atoms with Crippen molar-refractivity contribution in [2.45, 2.75) is 9.79 Å². The van der Waals surface area contributed by atoms with Crippen molar-refractivity contribution in [1.82, 2.24) is 14.5 Å². The molecule has 0 aliphatic carbocycles. The highest BCUT2D eigenvalue weighted by Crippen LogP contribution is 2.53. The fourth-order valence-electron chi connectivity index (χ4n) is 9.73. The molecule has 5 heteroatoms. The van der Waals surface area contributed by atoms with Crippen LogP contribution in [-0.2, 0) is 0 Å². The molecule has 0 saturated heterocycles. The van der Waals surface area contributed by atoms with Crippen LogP contribution in [0.5, 0.6) is 0 Å². The van der Waals surface area contributed by atoms with Gasteiger partial charge in [-0.05, 0) is 86.8 Å². The minimum atomic E-state index is 0.640. The Morgan fingerprint density at radius 2 is 1.03 bits per heavy atom. The zero-order chi connectivity index (χ0) is 41.4. The Morgan fingerprint density at radius 1 is 0.397 bits per heavy atom. The molecule has 0 spiro atoms. The molecule has 0 unspecified atom stereocenters. The fraction of sp³-hybridized carbons (Fsp3) is 0. The molecule has 1 aliphatic rings. The van der Waals surface area contributed by atoms with E-state index < -0.39 is 0 Å². The first-order valence-electron chi connectivity index (χ1n) is 21.3. The number of aromatic nitrogens is 3. The van der Waals surface area contributed by atoms with Gasteiger partial charge in [-0.1, -0.05) is 182 Å². The van der Waals surface area contributed by atoms with Crippen LogP contribution in [0.2, 0.25) is 0 Å². The third-order valence-electron chi connectivity index (χ3n) is 12.6. The molecule has 0 atom stereocenters. The van der Waals surface area contributed by atoms with Gasteiger partial charge in [-0.25, -0.2) is 9.97 Å². The van der Waals surface area contributed by atoms with Crippen molar-refractivity contribution < 1.29 is 0 Å². The predicted octanol–water partition coefficient (Wildman–Crippen LogP) is 16.0. The Hall–Kier alpha value is -7.99. The van der Waals surface area contributed by atoms with Gasteiger partial charge in [-0.15, -0.1) is 0 Å². The molecule has 0 radical (unpaired) electrons. The summed E-state index contributed by atoms with van der Waals surface area (Å²) in [7, 11) is 0. The van der Waals surface area contributed by atoms with Gasteiger partial charge >= 0.3 is 0 Å². The Labute approximate surface area is 368 Å². The first-order chi connectivity index (χ1) is 31.2. The van der Waals surface area contributed by atoms with E-state index in [1.165, 1.54) is 64.6 Å². The molecule has 0 saturated carbocycles. The van der Waals surface area contributed by atoms with Gasteiger partial charge in [0.2, 0.25) is 5.95 Å². The smallest absolute Gasteiger partial charge is 0.235 e. The van der Waals surface area contributed by atoms with Gasteiger partial charge in [0, 0.05) is 42.8 Å². The molecule has 13 rings (SSSR count). The van der Waals surface area contributed by atoms with E-state index in [0.717, 1.165) is 50.0 Å². The van der Waals surface area contributed by atoms with Crippen LogP contribution in [0.4, 0.5) is 17.1 Å². The number of nitrogens with zero attached hydrogens (tertiary/aromatic N) is 4. The molecule has 2 aromatic heterocycles.